The summed E-state index contributed by atoms with van der Waals surface area (Å²) in [5.41, 5.74) is 6.73. The summed E-state index contributed by atoms with van der Waals surface area (Å²) in [6.45, 7) is 2.08. The van der Waals surface area contributed by atoms with Crippen LogP contribution in [0.2, 0.25) is 0 Å². The lowest BCUT2D eigenvalue weighted by Crippen LogP contribution is -2.34. The molecule has 1 N–H and O–H groups in total. The van der Waals surface area contributed by atoms with E-state index in [0.717, 1.165) is 28.2 Å². The van der Waals surface area contributed by atoms with Gasteiger partial charge in [0.05, 0.1) is 17.4 Å². The van der Waals surface area contributed by atoms with Gasteiger partial charge in [0.25, 0.3) is 5.91 Å². The third-order valence-electron chi connectivity index (χ3n) is 5.78. The second kappa shape index (κ2) is 8.56. The normalized spacial score (nSPS) is 15.2. The van der Waals surface area contributed by atoms with Gasteiger partial charge in [-0.3, -0.25) is 9.69 Å². The van der Waals surface area contributed by atoms with Gasteiger partial charge in [-0.1, -0.05) is 90.5 Å². The summed E-state index contributed by atoms with van der Waals surface area (Å²) >= 11 is 0. The number of hydrogen-bond acceptors (Lipinski definition) is 2. The Hall–Kier alpha value is -4.11. The molecule has 0 saturated heterocycles. The van der Waals surface area contributed by atoms with E-state index in [1.807, 2.05) is 77.7 Å². The molecule has 32 heavy (non-hydrogen) atoms. The third-order valence-corrected chi connectivity index (χ3v) is 5.78. The van der Waals surface area contributed by atoms with Crippen molar-refractivity contribution in [3.05, 3.63) is 138 Å². The molecule has 1 aliphatic heterocycles. The number of anilines is 2. The van der Waals surface area contributed by atoms with Crippen molar-refractivity contribution in [3.8, 4) is 0 Å². The number of para-hydroxylation sites is 2. The Labute approximate surface area is 188 Å². The molecule has 1 aliphatic rings. The molecule has 3 nitrogen and oxygen atoms in total. The molecule has 5 rings (SSSR count). The number of nitrogens with zero attached hydrogens (tertiary/aromatic N) is 1. The first-order valence-corrected chi connectivity index (χ1v) is 10.8. The molecule has 156 valence electrons. The maximum absolute atomic E-state index is 13.9. The van der Waals surface area contributed by atoms with Gasteiger partial charge in [-0.15, -0.1) is 0 Å². The van der Waals surface area contributed by atoms with E-state index >= 15 is 0 Å². The lowest BCUT2D eigenvalue weighted by atomic mass is 9.99. The Bertz CT molecular complexity index is 1260. The number of carbonyl (C=O) groups is 1. The fourth-order valence-electron chi connectivity index (χ4n) is 4.11. The van der Waals surface area contributed by atoms with Gasteiger partial charge >= 0.3 is 0 Å². The summed E-state index contributed by atoms with van der Waals surface area (Å²) in [4.78, 5) is 15.8. The van der Waals surface area contributed by atoms with Crippen LogP contribution in [-0.4, -0.2) is 5.91 Å². The number of hydrogen-bond donors (Lipinski definition) is 1. The zero-order chi connectivity index (χ0) is 21.9. The van der Waals surface area contributed by atoms with E-state index in [1.165, 1.54) is 5.56 Å². The lowest BCUT2D eigenvalue weighted by molar-refractivity contribution is 0.0981. The van der Waals surface area contributed by atoms with Crippen molar-refractivity contribution in [2.24, 2.45) is 0 Å². The fraction of sp³-hybridized carbons (Fsp3) is 0.0690. The summed E-state index contributed by atoms with van der Waals surface area (Å²) in [6.07, 6.45) is 2.15. The Morgan fingerprint density at radius 1 is 0.750 bits per heavy atom. The molecule has 0 radical (unpaired) electrons. The maximum Gasteiger partial charge on any atom is 0.259 e. The quantitative estimate of drug-likeness (QED) is 0.396. The molecule has 0 unspecified atom stereocenters. The van der Waals surface area contributed by atoms with Gasteiger partial charge in [0.1, 0.15) is 0 Å². The topological polar surface area (TPSA) is 32.3 Å². The lowest BCUT2D eigenvalue weighted by Gasteiger charge is -2.30. The second-order valence-electron chi connectivity index (χ2n) is 7.99. The van der Waals surface area contributed by atoms with E-state index in [1.54, 1.807) is 0 Å². The van der Waals surface area contributed by atoms with Crippen LogP contribution < -0.4 is 10.2 Å². The van der Waals surface area contributed by atoms with Gasteiger partial charge in [0.2, 0.25) is 0 Å². The smallest absolute Gasteiger partial charge is 0.259 e. The van der Waals surface area contributed by atoms with Crippen molar-refractivity contribution >= 4 is 23.0 Å². The zero-order valence-corrected chi connectivity index (χ0v) is 17.9. The molecule has 0 aromatic heterocycles. The van der Waals surface area contributed by atoms with Crippen LogP contribution in [0.25, 0.3) is 5.70 Å². The Kier molecular flexibility index (Phi) is 5.30. The molecular weight excluding hydrogens is 392 g/mol. The van der Waals surface area contributed by atoms with E-state index in [-0.39, 0.29) is 11.9 Å². The molecular formula is C29H24N2O. The standard InChI is InChI=1S/C29H24N2O/c1-21-16-18-23(19-17-21)28-20-26(22-10-4-2-5-11-22)30-25-14-8-9-15-27(25)31(28)29(32)24-12-6-3-7-13-24/h2-20,28,30H,1H3/t28-/m0/s1. The van der Waals surface area contributed by atoms with Crippen LogP contribution in [0.15, 0.2) is 115 Å². The highest BCUT2D eigenvalue weighted by molar-refractivity contribution is 6.09. The Balaban J connectivity index is 1.73. The van der Waals surface area contributed by atoms with Crippen LogP contribution in [0.3, 0.4) is 0 Å². The molecule has 4 aromatic rings. The molecule has 1 heterocycles. The Morgan fingerprint density at radius 3 is 2.09 bits per heavy atom. The first-order chi connectivity index (χ1) is 15.7. The van der Waals surface area contributed by atoms with Crippen molar-refractivity contribution in [1.29, 1.82) is 0 Å². The molecule has 0 saturated carbocycles. The predicted octanol–water partition coefficient (Wildman–Crippen LogP) is 6.85. The number of aryl methyl sites for hydroxylation is 1. The molecule has 0 bridgehead atoms. The maximum atomic E-state index is 13.9. The van der Waals surface area contributed by atoms with Gasteiger partial charge in [0, 0.05) is 11.3 Å². The van der Waals surface area contributed by atoms with Crippen LogP contribution in [-0.2, 0) is 0 Å². The van der Waals surface area contributed by atoms with Crippen LogP contribution in [0.4, 0.5) is 11.4 Å². The molecule has 1 atom stereocenters. The molecule has 4 aromatic carbocycles. The van der Waals surface area contributed by atoms with Gasteiger partial charge in [-0.2, -0.15) is 0 Å². The largest absolute Gasteiger partial charge is 0.354 e. The van der Waals surface area contributed by atoms with Crippen molar-refractivity contribution in [2.75, 3.05) is 10.2 Å². The molecule has 3 heteroatoms. The van der Waals surface area contributed by atoms with Crippen LogP contribution in [0, 0.1) is 6.92 Å². The van der Waals surface area contributed by atoms with Crippen LogP contribution in [0.1, 0.15) is 33.1 Å². The van der Waals surface area contributed by atoms with Crippen molar-refractivity contribution in [1.82, 2.24) is 0 Å². The Morgan fingerprint density at radius 2 is 1.38 bits per heavy atom. The summed E-state index contributed by atoms with van der Waals surface area (Å²) in [7, 11) is 0. The summed E-state index contributed by atoms with van der Waals surface area (Å²) < 4.78 is 0. The number of nitrogens with one attached hydrogen (secondary N) is 1. The predicted molar refractivity (Wildman–Crippen MR) is 132 cm³/mol. The minimum atomic E-state index is -0.269. The third kappa shape index (κ3) is 3.81. The van der Waals surface area contributed by atoms with Gasteiger partial charge in [-0.05, 0) is 48.4 Å². The minimum Gasteiger partial charge on any atom is -0.354 e. The molecule has 0 fully saturated rings. The fourth-order valence-corrected chi connectivity index (χ4v) is 4.11. The SMILES string of the molecule is Cc1ccc([C@@H]2C=C(c3ccccc3)Nc3ccccc3N2C(=O)c2ccccc2)cc1. The summed E-state index contributed by atoms with van der Waals surface area (Å²) in [5, 5.41) is 3.59. The average molecular weight is 417 g/mol. The number of benzene rings is 4. The highest BCUT2D eigenvalue weighted by Crippen LogP contribution is 2.40. The number of carbonyl (C=O) groups excluding carboxylic acids is 1. The molecule has 0 aliphatic carbocycles. The highest BCUT2D eigenvalue weighted by Gasteiger charge is 2.31. The van der Waals surface area contributed by atoms with Gasteiger partial charge in [0.15, 0.2) is 0 Å². The number of amides is 1. The highest BCUT2D eigenvalue weighted by atomic mass is 16.2. The van der Waals surface area contributed by atoms with Crippen molar-refractivity contribution in [2.45, 2.75) is 13.0 Å². The number of rotatable bonds is 3. The van der Waals surface area contributed by atoms with Crippen molar-refractivity contribution in [3.63, 3.8) is 0 Å². The van der Waals surface area contributed by atoms with Crippen LogP contribution >= 0.6 is 0 Å². The number of fused-ring (bicyclic) bond motifs is 1. The summed E-state index contributed by atoms with van der Waals surface area (Å²) in [6, 6.07) is 35.9. The first-order valence-electron chi connectivity index (χ1n) is 10.8. The van der Waals surface area contributed by atoms with E-state index in [4.69, 9.17) is 0 Å². The van der Waals surface area contributed by atoms with Gasteiger partial charge < -0.3 is 5.32 Å². The average Bonchev–Trinajstić information content (AvgIpc) is 3.02. The van der Waals surface area contributed by atoms with E-state index in [0.29, 0.717) is 5.56 Å². The van der Waals surface area contributed by atoms with Gasteiger partial charge in [-0.25, -0.2) is 0 Å². The molecule has 0 spiro atoms. The first kappa shape index (κ1) is 19.8. The van der Waals surface area contributed by atoms with E-state index < -0.39 is 0 Å². The minimum absolute atomic E-state index is 0.0315. The zero-order valence-electron chi connectivity index (χ0n) is 17.9. The second-order valence-corrected chi connectivity index (χ2v) is 7.99. The van der Waals surface area contributed by atoms with E-state index in [9.17, 15) is 4.79 Å². The van der Waals surface area contributed by atoms with Crippen molar-refractivity contribution < 1.29 is 4.79 Å². The summed E-state index contributed by atoms with van der Waals surface area (Å²) in [5.74, 6) is -0.0315. The monoisotopic (exact) mass is 416 g/mol. The molecule has 1 amide bonds. The van der Waals surface area contributed by atoms with Crippen LogP contribution in [0.5, 0.6) is 0 Å². The van der Waals surface area contributed by atoms with E-state index in [2.05, 4.69) is 54.7 Å².